The molecule has 0 bridgehead atoms. The molecule has 0 saturated carbocycles. The maximum Gasteiger partial charge on any atom is 0.255 e. The highest BCUT2D eigenvalue weighted by Crippen LogP contribution is 2.27. The Balaban J connectivity index is 1.75. The first-order valence-electron chi connectivity index (χ1n) is 6.76. The van der Waals surface area contributed by atoms with E-state index in [1.807, 2.05) is 24.3 Å². The van der Waals surface area contributed by atoms with Crippen LogP contribution in [0.1, 0.15) is 12.8 Å². The number of nitrogens with one attached hydrogen (secondary N) is 2. The molecule has 110 valence electrons. The predicted molar refractivity (Wildman–Crippen MR) is 76.0 cm³/mol. The average molecular weight is 288 g/mol. The number of anilines is 1. The molecule has 2 heterocycles. The molecule has 3 rings (SSSR count). The van der Waals surface area contributed by atoms with Crippen molar-refractivity contribution in [1.82, 2.24) is 15.2 Å². The number of carbonyl (C=O) groups excluding carboxylic acids is 1. The van der Waals surface area contributed by atoms with Crippen molar-refractivity contribution in [2.75, 3.05) is 19.0 Å². The van der Waals surface area contributed by atoms with Crippen molar-refractivity contribution >= 4 is 11.9 Å². The topological polar surface area (TPSA) is 89.1 Å². The molecule has 0 aliphatic carbocycles. The summed E-state index contributed by atoms with van der Waals surface area (Å²) in [6.07, 6.45) is 1.23. The number of H-pyrrole nitrogens is 1. The van der Waals surface area contributed by atoms with Gasteiger partial charge in [-0.05, 0) is 25.0 Å². The van der Waals surface area contributed by atoms with E-state index in [4.69, 9.17) is 9.47 Å². The van der Waals surface area contributed by atoms with Crippen LogP contribution in [0.25, 0.3) is 11.4 Å². The van der Waals surface area contributed by atoms with Gasteiger partial charge in [-0.25, -0.2) is 0 Å². The van der Waals surface area contributed by atoms with Gasteiger partial charge in [0, 0.05) is 6.61 Å². The zero-order valence-corrected chi connectivity index (χ0v) is 11.6. The van der Waals surface area contributed by atoms with E-state index in [-0.39, 0.29) is 11.9 Å². The number of benzene rings is 1. The molecule has 1 aromatic heterocycles. The summed E-state index contributed by atoms with van der Waals surface area (Å²) in [5, 5.41) is 9.45. The van der Waals surface area contributed by atoms with Crippen molar-refractivity contribution in [3.05, 3.63) is 24.3 Å². The van der Waals surface area contributed by atoms with Crippen molar-refractivity contribution in [1.29, 1.82) is 0 Å². The number of amides is 1. The first kappa shape index (κ1) is 13.6. The highest BCUT2D eigenvalue weighted by Gasteiger charge is 2.24. The van der Waals surface area contributed by atoms with Gasteiger partial charge in [0.15, 0.2) is 5.82 Å². The molecule has 1 aliphatic rings. The average Bonchev–Trinajstić information content (AvgIpc) is 3.18. The molecule has 1 fully saturated rings. The van der Waals surface area contributed by atoms with Crippen LogP contribution < -0.4 is 10.1 Å². The lowest BCUT2D eigenvalue weighted by Gasteiger charge is -2.07. The van der Waals surface area contributed by atoms with Crippen LogP contribution in [0.15, 0.2) is 24.3 Å². The fourth-order valence-electron chi connectivity index (χ4n) is 2.25. The van der Waals surface area contributed by atoms with Gasteiger partial charge in [-0.1, -0.05) is 12.1 Å². The maximum atomic E-state index is 11.9. The van der Waals surface area contributed by atoms with Gasteiger partial charge in [0.25, 0.3) is 5.91 Å². The molecule has 1 aromatic carbocycles. The van der Waals surface area contributed by atoms with Crippen LogP contribution in [-0.4, -0.2) is 40.9 Å². The lowest BCUT2D eigenvalue weighted by molar-refractivity contribution is -0.124. The number of carbonyl (C=O) groups is 1. The smallest absolute Gasteiger partial charge is 0.255 e. The van der Waals surface area contributed by atoms with E-state index in [1.54, 1.807) is 7.11 Å². The van der Waals surface area contributed by atoms with Crippen LogP contribution in [0, 0.1) is 0 Å². The minimum absolute atomic E-state index is 0.210. The van der Waals surface area contributed by atoms with Crippen molar-refractivity contribution in [2.24, 2.45) is 0 Å². The maximum absolute atomic E-state index is 11.9. The first-order valence-corrected chi connectivity index (χ1v) is 6.76. The molecular formula is C14H16N4O3. The molecule has 7 nitrogen and oxygen atoms in total. The summed E-state index contributed by atoms with van der Waals surface area (Å²) in [5.74, 6) is 1.25. The molecule has 0 unspecified atom stereocenters. The van der Waals surface area contributed by atoms with Gasteiger partial charge in [-0.15, -0.1) is 5.10 Å². The van der Waals surface area contributed by atoms with Gasteiger partial charge >= 0.3 is 0 Å². The van der Waals surface area contributed by atoms with E-state index in [0.29, 0.717) is 18.2 Å². The Bertz CT molecular complexity index is 635. The summed E-state index contributed by atoms with van der Waals surface area (Å²) in [6.45, 7) is 0.624. The van der Waals surface area contributed by atoms with Crippen LogP contribution in [-0.2, 0) is 9.53 Å². The van der Waals surface area contributed by atoms with Crippen LogP contribution in [0.4, 0.5) is 5.95 Å². The number of aromatic amines is 1. The molecule has 2 aromatic rings. The monoisotopic (exact) mass is 288 g/mol. The van der Waals surface area contributed by atoms with Crippen LogP contribution in [0.5, 0.6) is 5.75 Å². The van der Waals surface area contributed by atoms with E-state index >= 15 is 0 Å². The molecule has 1 atom stereocenters. The first-order chi connectivity index (χ1) is 10.3. The van der Waals surface area contributed by atoms with Crippen molar-refractivity contribution in [3.8, 4) is 17.1 Å². The summed E-state index contributed by atoms with van der Waals surface area (Å²) < 4.78 is 10.6. The fourth-order valence-corrected chi connectivity index (χ4v) is 2.25. The number of rotatable bonds is 4. The summed E-state index contributed by atoms with van der Waals surface area (Å²) in [6, 6.07) is 7.46. The number of methoxy groups -OCH3 is 1. The summed E-state index contributed by atoms with van der Waals surface area (Å²) in [5.41, 5.74) is 0.783. The van der Waals surface area contributed by atoms with E-state index < -0.39 is 6.10 Å². The van der Waals surface area contributed by atoms with Gasteiger partial charge in [0.2, 0.25) is 5.95 Å². The molecule has 1 amide bonds. The van der Waals surface area contributed by atoms with E-state index in [1.165, 1.54) is 0 Å². The lowest BCUT2D eigenvalue weighted by atomic mass is 10.2. The normalized spacial score (nSPS) is 17.7. The Morgan fingerprint density at radius 3 is 3.10 bits per heavy atom. The second kappa shape index (κ2) is 5.92. The van der Waals surface area contributed by atoms with E-state index in [0.717, 1.165) is 18.4 Å². The molecule has 7 heteroatoms. The van der Waals surface area contributed by atoms with E-state index in [2.05, 4.69) is 20.5 Å². The number of aromatic nitrogens is 3. The van der Waals surface area contributed by atoms with Gasteiger partial charge in [0.05, 0.1) is 12.7 Å². The van der Waals surface area contributed by atoms with Crippen molar-refractivity contribution in [3.63, 3.8) is 0 Å². The van der Waals surface area contributed by atoms with Crippen molar-refractivity contribution in [2.45, 2.75) is 18.9 Å². The SMILES string of the molecule is COc1ccccc1-c1nc(NC(=O)[C@@H]2CCCO2)n[nH]1. The van der Waals surface area contributed by atoms with Crippen LogP contribution in [0.2, 0.25) is 0 Å². The van der Waals surface area contributed by atoms with Gasteiger partial charge < -0.3 is 9.47 Å². The Morgan fingerprint density at radius 2 is 2.33 bits per heavy atom. The van der Waals surface area contributed by atoms with Crippen molar-refractivity contribution < 1.29 is 14.3 Å². The molecule has 1 aliphatic heterocycles. The Labute approximate surface area is 121 Å². The lowest BCUT2D eigenvalue weighted by Crippen LogP contribution is -2.27. The Morgan fingerprint density at radius 1 is 1.48 bits per heavy atom. The molecule has 21 heavy (non-hydrogen) atoms. The second-order valence-corrected chi connectivity index (χ2v) is 4.70. The summed E-state index contributed by atoms with van der Waals surface area (Å²) >= 11 is 0. The zero-order chi connectivity index (χ0) is 14.7. The summed E-state index contributed by atoms with van der Waals surface area (Å²) in [4.78, 5) is 16.2. The Hall–Kier alpha value is -2.41. The molecule has 2 N–H and O–H groups in total. The molecular weight excluding hydrogens is 272 g/mol. The minimum Gasteiger partial charge on any atom is -0.496 e. The third-order valence-corrected chi connectivity index (χ3v) is 3.30. The minimum atomic E-state index is -0.404. The quantitative estimate of drug-likeness (QED) is 0.892. The second-order valence-electron chi connectivity index (χ2n) is 4.70. The standard InChI is InChI=1S/C14H16N4O3/c1-20-10-6-3-2-5-9(10)12-15-14(18-17-12)16-13(19)11-7-4-8-21-11/h2-3,5-6,11H,4,7-8H2,1H3,(H2,15,16,17,18,19)/t11-/m0/s1. The van der Waals surface area contributed by atoms with Gasteiger partial charge in [-0.3, -0.25) is 15.2 Å². The third kappa shape index (κ3) is 2.87. The zero-order valence-electron chi connectivity index (χ0n) is 11.6. The number of nitrogens with zero attached hydrogens (tertiary/aromatic N) is 2. The van der Waals surface area contributed by atoms with E-state index in [9.17, 15) is 4.79 Å². The predicted octanol–water partition coefficient (Wildman–Crippen LogP) is 1.60. The fraction of sp³-hybridized carbons (Fsp3) is 0.357. The van der Waals surface area contributed by atoms with Gasteiger partial charge in [0.1, 0.15) is 11.9 Å². The van der Waals surface area contributed by atoms with Gasteiger partial charge in [-0.2, -0.15) is 4.98 Å². The number of hydrogen-bond donors (Lipinski definition) is 2. The highest BCUT2D eigenvalue weighted by atomic mass is 16.5. The highest BCUT2D eigenvalue weighted by molar-refractivity contribution is 5.93. The molecule has 0 radical (unpaired) electrons. The van der Waals surface area contributed by atoms with Crippen LogP contribution >= 0.6 is 0 Å². The number of para-hydroxylation sites is 1. The largest absolute Gasteiger partial charge is 0.496 e. The van der Waals surface area contributed by atoms with Crippen LogP contribution in [0.3, 0.4) is 0 Å². The summed E-state index contributed by atoms with van der Waals surface area (Å²) in [7, 11) is 1.59. The molecule has 1 saturated heterocycles. The third-order valence-electron chi connectivity index (χ3n) is 3.30. The Kier molecular flexibility index (Phi) is 3.83. The number of ether oxygens (including phenoxy) is 2. The molecule has 0 spiro atoms. The number of hydrogen-bond acceptors (Lipinski definition) is 5.